The van der Waals surface area contributed by atoms with E-state index < -0.39 is 37.1 Å². The summed E-state index contributed by atoms with van der Waals surface area (Å²) in [5, 5.41) is 37.1. The van der Waals surface area contributed by atoms with E-state index in [1.54, 1.807) is 0 Å². The summed E-state index contributed by atoms with van der Waals surface area (Å²) in [5.74, 6) is -0.142. The van der Waals surface area contributed by atoms with Gasteiger partial charge in [0.1, 0.15) is 18.3 Å². The predicted molar refractivity (Wildman–Crippen MR) is 164 cm³/mol. The van der Waals surface area contributed by atoms with Crippen LogP contribution in [0.2, 0.25) is 0 Å². The molecule has 0 saturated carbocycles. The van der Waals surface area contributed by atoms with Crippen molar-refractivity contribution in [2.24, 2.45) is 0 Å². The number of nitrogens with zero attached hydrogens (tertiary/aromatic N) is 5. The first kappa shape index (κ1) is 30.1. The van der Waals surface area contributed by atoms with Crippen molar-refractivity contribution in [3.05, 3.63) is 83.9 Å². The molecular weight excluding hydrogens is 562 g/mol. The highest BCUT2D eigenvalue weighted by Gasteiger charge is 2.44. The number of benzene rings is 2. The number of nitrogens with one attached hydrogen (secondary N) is 2. The molecule has 0 radical (unpaired) electrons. The summed E-state index contributed by atoms with van der Waals surface area (Å²) in [7, 11) is 0. The fourth-order valence-electron chi connectivity index (χ4n) is 6.02. The minimum Gasteiger partial charge on any atom is -0.394 e. The number of ether oxygens (including phenoxy) is 1. The number of hydrogen-bond donors (Lipinski definition) is 5. The van der Waals surface area contributed by atoms with Gasteiger partial charge in [-0.1, -0.05) is 67.1 Å². The molecule has 2 aliphatic rings. The molecule has 4 unspecified atom stereocenters. The van der Waals surface area contributed by atoms with Crippen molar-refractivity contribution in [2.45, 2.75) is 49.7 Å². The third-order valence-corrected chi connectivity index (χ3v) is 8.46. The zero-order valence-corrected chi connectivity index (χ0v) is 24.5. The van der Waals surface area contributed by atoms with Gasteiger partial charge in [0, 0.05) is 25.6 Å². The quantitative estimate of drug-likeness (QED) is 0.172. The maximum absolute atomic E-state index is 13.4. The summed E-state index contributed by atoms with van der Waals surface area (Å²) >= 11 is 0. The highest BCUT2D eigenvalue weighted by Crippen LogP contribution is 2.33. The van der Waals surface area contributed by atoms with Gasteiger partial charge in [-0.15, -0.1) is 0 Å². The average molecular weight is 602 g/mol. The first-order valence-electron chi connectivity index (χ1n) is 15.2. The molecule has 2 fully saturated rings. The van der Waals surface area contributed by atoms with E-state index in [9.17, 15) is 20.1 Å². The van der Waals surface area contributed by atoms with Gasteiger partial charge in [-0.25, -0.2) is 15.0 Å². The summed E-state index contributed by atoms with van der Waals surface area (Å²) in [4.78, 5) is 29.4. The van der Waals surface area contributed by atoms with E-state index in [1.165, 1.54) is 30.2 Å². The minimum atomic E-state index is -1.33. The number of carbonyl (C=O) groups excluding carboxylic acids is 1. The van der Waals surface area contributed by atoms with Crippen LogP contribution in [0.4, 0.5) is 5.82 Å². The molecule has 1 amide bonds. The summed E-state index contributed by atoms with van der Waals surface area (Å²) in [6, 6.07) is 20.3. The summed E-state index contributed by atoms with van der Waals surface area (Å²) < 4.78 is 7.23. The summed E-state index contributed by atoms with van der Waals surface area (Å²) in [6.07, 6.45) is 0.352. The molecule has 232 valence electrons. The standard InChI is InChI=1S/C32H39N7O5/c40-19-24-26(41)27(42)32(44-24)39-20-35-25-28(34-18-23(21-10-4-1-5-11-21)22-12-6-2-7-13-22)36-29(37-30(25)39)31(43)33-14-17-38-15-8-3-9-16-38/h1-2,4-7,10-13,20,23-24,26-27,32,40-42H,3,8-9,14-19H2,(H,33,43)(H,34,36,37). The average Bonchev–Trinajstić information content (AvgIpc) is 3.62. The van der Waals surface area contributed by atoms with Crippen LogP contribution in [0.15, 0.2) is 67.0 Å². The van der Waals surface area contributed by atoms with Crippen LogP contribution in [-0.4, -0.2) is 103 Å². The fourth-order valence-corrected chi connectivity index (χ4v) is 6.02. The first-order chi connectivity index (χ1) is 21.5. The Bertz CT molecular complexity index is 1490. The molecule has 12 nitrogen and oxygen atoms in total. The van der Waals surface area contributed by atoms with Crippen LogP contribution in [0.1, 0.15) is 53.2 Å². The largest absolute Gasteiger partial charge is 0.394 e. The van der Waals surface area contributed by atoms with E-state index in [0.717, 1.165) is 30.8 Å². The van der Waals surface area contributed by atoms with E-state index in [4.69, 9.17) is 4.74 Å². The third-order valence-electron chi connectivity index (χ3n) is 8.46. The molecule has 4 aromatic rings. The summed E-state index contributed by atoms with van der Waals surface area (Å²) in [5.41, 5.74) is 2.87. The number of aromatic nitrogens is 4. The van der Waals surface area contributed by atoms with E-state index >= 15 is 0 Å². The number of aliphatic hydroxyl groups is 3. The zero-order chi connectivity index (χ0) is 30.5. The smallest absolute Gasteiger partial charge is 0.289 e. The van der Waals surface area contributed by atoms with Crippen molar-refractivity contribution in [1.82, 2.24) is 29.7 Å². The maximum Gasteiger partial charge on any atom is 0.289 e. The highest BCUT2D eigenvalue weighted by molar-refractivity contribution is 5.94. The number of aliphatic hydroxyl groups excluding tert-OH is 3. The number of imidazole rings is 1. The van der Waals surface area contributed by atoms with Gasteiger partial charge in [0.2, 0.25) is 5.82 Å². The highest BCUT2D eigenvalue weighted by atomic mass is 16.6. The molecule has 0 aliphatic carbocycles. The SMILES string of the molecule is O=C(NCCN1CCCCC1)c1nc(NCC(c2ccccc2)c2ccccc2)c2ncn(C3OC(CO)C(O)C3O)c2n1. The van der Waals surface area contributed by atoms with Crippen LogP contribution in [0.5, 0.6) is 0 Å². The molecule has 2 aromatic carbocycles. The molecule has 5 N–H and O–H groups in total. The second-order valence-electron chi connectivity index (χ2n) is 11.4. The number of fused-ring (bicyclic) bond motifs is 1. The number of carbonyl (C=O) groups is 1. The van der Waals surface area contributed by atoms with Gasteiger partial charge in [-0.05, 0) is 37.1 Å². The van der Waals surface area contributed by atoms with E-state index in [1.807, 2.05) is 36.4 Å². The molecule has 0 spiro atoms. The van der Waals surface area contributed by atoms with Gasteiger partial charge in [0.15, 0.2) is 23.2 Å². The van der Waals surface area contributed by atoms with Crippen molar-refractivity contribution in [1.29, 1.82) is 0 Å². The lowest BCUT2D eigenvalue weighted by Crippen LogP contribution is -2.38. The molecule has 4 heterocycles. The third kappa shape index (κ3) is 6.44. The maximum atomic E-state index is 13.4. The Morgan fingerprint density at radius 2 is 1.64 bits per heavy atom. The van der Waals surface area contributed by atoms with Crippen LogP contribution in [0, 0.1) is 0 Å². The Hall–Kier alpha value is -3.94. The van der Waals surface area contributed by atoms with Crippen LogP contribution in [0.25, 0.3) is 11.2 Å². The lowest BCUT2D eigenvalue weighted by Gasteiger charge is -2.26. The number of amides is 1. The molecule has 44 heavy (non-hydrogen) atoms. The Kier molecular flexibility index (Phi) is 9.43. The number of rotatable bonds is 11. The molecule has 12 heteroatoms. The molecule has 0 bridgehead atoms. The van der Waals surface area contributed by atoms with Crippen molar-refractivity contribution in [2.75, 3.05) is 44.6 Å². The lowest BCUT2D eigenvalue weighted by atomic mass is 9.91. The van der Waals surface area contributed by atoms with Crippen LogP contribution >= 0.6 is 0 Å². The van der Waals surface area contributed by atoms with E-state index in [-0.39, 0.29) is 17.4 Å². The van der Waals surface area contributed by atoms with Gasteiger partial charge in [-0.3, -0.25) is 9.36 Å². The van der Waals surface area contributed by atoms with E-state index in [0.29, 0.717) is 24.4 Å². The van der Waals surface area contributed by atoms with Gasteiger partial charge in [0.25, 0.3) is 5.91 Å². The number of piperidine rings is 1. The Labute approximate surface area is 255 Å². The second-order valence-corrected chi connectivity index (χ2v) is 11.4. The van der Waals surface area contributed by atoms with E-state index in [2.05, 4.69) is 54.8 Å². The molecular formula is C32H39N7O5. The van der Waals surface area contributed by atoms with Gasteiger partial charge in [0.05, 0.1) is 12.9 Å². The normalized spacial score (nSPS) is 22.5. The summed E-state index contributed by atoms with van der Waals surface area (Å²) in [6.45, 7) is 3.25. The number of hydrogen-bond acceptors (Lipinski definition) is 10. The lowest BCUT2D eigenvalue weighted by molar-refractivity contribution is -0.0511. The van der Waals surface area contributed by atoms with Crippen molar-refractivity contribution in [3.63, 3.8) is 0 Å². The Morgan fingerprint density at radius 3 is 2.27 bits per heavy atom. The van der Waals surface area contributed by atoms with Gasteiger partial charge >= 0.3 is 0 Å². The van der Waals surface area contributed by atoms with Gasteiger partial charge in [-0.2, -0.15) is 0 Å². The Balaban J connectivity index is 1.31. The molecule has 2 aromatic heterocycles. The second kappa shape index (κ2) is 13.8. The van der Waals surface area contributed by atoms with Crippen LogP contribution < -0.4 is 10.6 Å². The van der Waals surface area contributed by atoms with Crippen LogP contribution in [-0.2, 0) is 4.74 Å². The monoisotopic (exact) mass is 601 g/mol. The Morgan fingerprint density at radius 1 is 0.955 bits per heavy atom. The van der Waals surface area contributed by atoms with Crippen molar-refractivity contribution < 1.29 is 24.9 Å². The van der Waals surface area contributed by atoms with Crippen LogP contribution in [0.3, 0.4) is 0 Å². The first-order valence-corrected chi connectivity index (χ1v) is 15.2. The fraction of sp³-hybridized carbons (Fsp3) is 0.438. The molecule has 4 atom stereocenters. The number of likely N-dealkylation sites (tertiary alicyclic amines) is 1. The predicted octanol–water partition coefficient (Wildman–Crippen LogP) is 1.90. The van der Waals surface area contributed by atoms with Crippen molar-refractivity contribution in [3.8, 4) is 0 Å². The van der Waals surface area contributed by atoms with Crippen molar-refractivity contribution >= 4 is 22.9 Å². The molecule has 6 rings (SSSR count). The topological polar surface area (TPSA) is 158 Å². The molecule has 2 saturated heterocycles. The van der Waals surface area contributed by atoms with Gasteiger partial charge < -0.3 is 35.6 Å². The zero-order valence-electron chi connectivity index (χ0n) is 24.5. The minimum absolute atomic E-state index is 0.0215. The molecule has 2 aliphatic heterocycles. The number of anilines is 1.